The lowest BCUT2D eigenvalue weighted by atomic mass is 9.91. The van der Waals surface area contributed by atoms with Gasteiger partial charge in [-0.3, -0.25) is 10.1 Å². The summed E-state index contributed by atoms with van der Waals surface area (Å²) in [6.45, 7) is 0. The maximum atomic E-state index is 13.9. The van der Waals surface area contributed by atoms with Gasteiger partial charge < -0.3 is 19.3 Å². The minimum Gasteiger partial charge on any atom is -0.507 e. The van der Waals surface area contributed by atoms with Gasteiger partial charge in [0.15, 0.2) is 0 Å². The van der Waals surface area contributed by atoms with Crippen LogP contribution in [0.2, 0.25) is 0 Å². The van der Waals surface area contributed by atoms with Crippen molar-refractivity contribution in [2.75, 3.05) is 0 Å². The van der Waals surface area contributed by atoms with Crippen LogP contribution in [-0.4, -0.2) is 27.9 Å². The summed E-state index contributed by atoms with van der Waals surface area (Å²) >= 11 is 0. The fraction of sp³-hybridized carbons (Fsp3) is 0.0727. The van der Waals surface area contributed by atoms with Crippen LogP contribution in [0, 0.1) is 10.1 Å². The Bertz CT molecular complexity index is 3040. The molecule has 0 saturated heterocycles. The summed E-state index contributed by atoms with van der Waals surface area (Å²) in [5.74, 6) is -1.03. The number of ether oxygens (including phenoxy) is 3. The standard InChI is InChI=1S/C55H39N3O9/c59-49-44-31-42-23-11-21-40(51(42)66-54(61)36-15-6-2-7-16-36)29-38-19-10-20-39(50(38)65-53(60)35-13-4-1-5-14-35)30-41-22-12-24-43(52(41)67-55(62)37-17-8-3-9-18-37)32-45(49)34-47(33-44)57-56-46-25-27-48(28-26-46)58(63)64/h1-28,33-34,59H,29-32H2. The van der Waals surface area contributed by atoms with Gasteiger partial charge in [0.05, 0.1) is 33.0 Å². The van der Waals surface area contributed by atoms with E-state index in [9.17, 15) is 29.6 Å². The third-order valence-corrected chi connectivity index (χ3v) is 11.3. The van der Waals surface area contributed by atoms with E-state index in [1.807, 2.05) is 60.7 Å². The normalized spacial score (nSPS) is 11.9. The maximum Gasteiger partial charge on any atom is 0.343 e. The largest absolute Gasteiger partial charge is 0.507 e. The second-order valence-electron chi connectivity index (χ2n) is 15.8. The van der Waals surface area contributed by atoms with Gasteiger partial charge in [-0.25, -0.2) is 14.4 Å². The fourth-order valence-electron chi connectivity index (χ4n) is 7.97. The molecule has 8 aromatic carbocycles. The predicted octanol–water partition coefficient (Wildman–Crippen LogP) is 12.0. The maximum absolute atomic E-state index is 13.9. The molecular weight excluding hydrogens is 847 g/mol. The summed E-state index contributed by atoms with van der Waals surface area (Å²) < 4.78 is 18.9. The SMILES string of the molecule is O=C(Oc1c2cccc1Cc1cccc(c1OC(=O)c1ccccc1)Cc1cccc(c1OC(=O)c1ccccc1)Cc1cc(N=Nc3ccc([N+](=O)[O-])cc3)cc(c1O)C2)c1ccccc1. The van der Waals surface area contributed by atoms with Crippen LogP contribution < -0.4 is 14.2 Å². The Morgan fingerprint density at radius 3 is 1.06 bits per heavy atom. The number of hydrogen-bond donors (Lipinski definition) is 1. The van der Waals surface area contributed by atoms with Crippen molar-refractivity contribution in [2.45, 2.75) is 25.7 Å². The van der Waals surface area contributed by atoms with E-state index < -0.39 is 22.8 Å². The lowest BCUT2D eigenvalue weighted by molar-refractivity contribution is -0.384. The molecule has 0 heterocycles. The summed E-state index contributed by atoms with van der Waals surface area (Å²) in [7, 11) is 0. The number of carbonyl (C=O) groups is 3. The third-order valence-electron chi connectivity index (χ3n) is 11.3. The first-order valence-electron chi connectivity index (χ1n) is 21.3. The molecule has 0 aromatic heterocycles. The first-order chi connectivity index (χ1) is 32.7. The van der Waals surface area contributed by atoms with Crippen LogP contribution in [0.5, 0.6) is 23.0 Å². The zero-order valence-electron chi connectivity index (χ0n) is 35.7. The molecule has 0 spiro atoms. The smallest absolute Gasteiger partial charge is 0.343 e. The first kappa shape index (κ1) is 43.2. The number of nitro groups is 1. The van der Waals surface area contributed by atoms with Gasteiger partial charge in [0.25, 0.3) is 5.69 Å². The van der Waals surface area contributed by atoms with E-state index in [4.69, 9.17) is 14.2 Å². The second kappa shape index (κ2) is 19.4. The van der Waals surface area contributed by atoms with Crippen molar-refractivity contribution in [1.29, 1.82) is 0 Å². The average molecular weight is 886 g/mol. The number of phenols is 1. The van der Waals surface area contributed by atoms with Crippen molar-refractivity contribution < 1.29 is 38.6 Å². The number of rotatable bonds is 9. The molecule has 67 heavy (non-hydrogen) atoms. The summed E-state index contributed by atoms with van der Waals surface area (Å²) in [5, 5.41) is 32.4. The summed E-state index contributed by atoms with van der Waals surface area (Å²) in [5.41, 5.74) is 5.95. The lowest BCUT2D eigenvalue weighted by Gasteiger charge is -2.21. The van der Waals surface area contributed by atoms with Gasteiger partial charge >= 0.3 is 17.9 Å². The topological polar surface area (TPSA) is 167 Å². The zero-order valence-corrected chi connectivity index (χ0v) is 35.7. The fourth-order valence-corrected chi connectivity index (χ4v) is 7.97. The predicted molar refractivity (Wildman–Crippen MR) is 250 cm³/mol. The van der Waals surface area contributed by atoms with Crippen molar-refractivity contribution >= 4 is 35.0 Å². The second-order valence-corrected chi connectivity index (χ2v) is 15.8. The van der Waals surface area contributed by atoms with Crippen molar-refractivity contribution in [3.05, 3.63) is 253 Å². The third kappa shape index (κ3) is 9.88. The van der Waals surface area contributed by atoms with Gasteiger partial charge in [-0.05, 0) is 94.0 Å². The Morgan fingerprint density at radius 2 is 0.731 bits per heavy atom. The van der Waals surface area contributed by atoms with E-state index in [0.29, 0.717) is 78.3 Å². The minimum absolute atomic E-state index is 0.0523. The molecule has 12 nitrogen and oxygen atoms in total. The van der Waals surface area contributed by atoms with Crippen molar-refractivity contribution in [1.82, 2.24) is 0 Å². The Morgan fingerprint density at radius 1 is 0.418 bits per heavy atom. The van der Waals surface area contributed by atoms with Crippen LogP contribution in [0.25, 0.3) is 0 Å². The zero-order chi connectivity index (χ0) is 46.3. The van der Waals surface area contributed by atoms with Crippen LogP contribution in [0.4, 0.5) is 17.1 Å². The Labute approximate surface area is 384 Å². The number of aromatic hydroxyl groups is 1. The van der Waals surface area contributed by atoms with Gasteiger partial charge in [0.2, 0.25) is 0 Å². The van der Waals surface area contributed by atoms with Crippen LogP contribution in [0.1, 0.15) is 75.6 Å². The molecule has 0 atom stereocenters. The van der Waals surface area contributed by atoms with Crippen LogP contribution >= 0.6 is 0 Å². The van der Waals surface area contributed by atoms with Gasteiger partial charge in [-0.2, -0.15) is 10.2 Å². The van der Waals surface area contributed by atoms with Gasteiger partial charge in [-0.15, -0.1) is 0 Å². The number of esters is 3. The van der Waals surface area contributed by atoms with Gasteiger partial charge in [-0.1, -0.05) is 109 Å². The number of para-hydroxylation sites is 3. The quantitative estimate of drug-likeness (QED) is 0.0488. The van der Waals surface area contributed by atoms with Crippen LogP contribution in [-0.2, 0) is 25.7 Å². The molecule has 8 aromatic rings. The number of fused-ring (bicyclic) bond motifs is 8. The molecule has 0 aliphatic heterocycles. The minimum atomic E-state index is -0.597. The molecule has 1 aliphatic rings. The molecule has 0 radical (unpaired) electrons. The van der Waals surface area contributed by atoms with Crippen molar-refractivity contribution in [3.8, 4) is 23.0 Å². The molecule has 9 rings (SSSR count). The molecule has 0 fully saturated rings. The number of non-ortho nitro benzene ring substituents is 1. The number of nitrogens with zero attached hydrogens (tertiary/aromatic N) is 3. The number of carbonyl (C=O) groups excluding carboxylic acids is 3. The molecule has 0 amide bonds. The lowest BCUT2D eigenvalue weighted by Crippen LogP contribution is -2.14. The highest BCUT2D eigenvalue weighted by atomic mass is 16.6. The molecule has 328 valence electrons. The molecule has 1 N–H and O–H groups in total. The number of benzene rings is 8. The Hall–Kier alpha value is -9.03. The average Bonchev–Trinajstić information content (AvgIpc) is 3.35. The van der Waals surface area contributed by atoms with Crippen LogP contribution in [0.3, 0.4) is 0 Å². The molecule has 8 bridgehead atoms. The van der Waals surface area contributed by atoms with E-state index in [0.717, 1.165) is 0 Å². The van der Waals surface area contributed by atoms with E-state index in [-0.39, 0.29) is 48.6 Å². The number of hydrogen-bond acceptors (Lipinski definition) is 11. The summed E-state index contributed by atoms with van der Waals surface area (Å²) in [6.07, 6.45) is 0.397. The summed E-state index contributed by atoms with van der Waals surface area (Å²) in [6, 6.07) is 51.3. The highest BCUT2D eigenvalue weighted by molar-refractivity contribution is 5.93. The Balaban J connectivity index is 1.23. The first-order valence-corrected chi connectivity index (χ1v) is 21.3. The highest BCUT2D eigenvalue weighted by Crippen LogP contribution is 2.41. The van der Waals surface area contributed by atoms with Crippen molar-refractivity contribution in [3.63, 3.8) is 0 Å². The molecule has 1 aliphatic carbocycles. The number of nitro benzene ring substituents is 1. The van der Waals surface area contributed by atoms with E-state index in [2.05, 4.69) is 10.2 Å². The van der Waals surface area contributed by atoms with Gasteiger partial charge in [0, 0.05) is 48.9 Å². The van der Waals surface area contributed by atoms with E-state index in [1.165, 1.54) is 24.3 Å². The highest BCUT2D eigenvalue weighted by Gasteiger charge is 2.25. The molecular formula is C55H39N3O9. The molecule has 0 unspecified atom stereocenters. The van der Waals surface area contributed by atoms with Crippen molar-refractivity contribution in [2.24, 2.45) is 10.2 Å². The number of phenolic OH excluding ortho intramolecular Hbond substituents is 1. The van der Waals surface area contributed by atoms with Gasteiger partial charge in [0.1, 0.15) is 23.0 Å². The van der Waals surface area contributed by atoms with E-state index >= 15 is 0 Å². The van der Waals surface area contributed by atoms with Crippen LogP contribution in [0.15, 0.2) is 192 Å². The van der Waals surface area contributed by atoms with E-state index in [1.54, 1.807) is 97.1 Å². The number of azo groups is 1. The molecule has 0 saturated carbocycles. The Kier molecular flexibility index (Phi) is 12.5. The summed E-state index contributed by atoms with van der Waals surface area (Å²) in [4.78, 5) is 52.5. The monoisotopic (exact) mass is 885 g/mol. The molecule has 12 heteroatoms.